The molecule has 3 aromatic heterocycles. The predicted octanol–water partition coefficient (Wildman–Crippen LogP) is 2.71. The van der Waals surface area contributed by atoms with Crippen LogP contribution < -0.4 is 11.1 Å². The maximum Gasteiger partial charge on any atom is 0.271 e. The summed E-state index contributed by atoms with van der Waals surface area (Å²) < 4.78 is 1.90. The van der Waals surface area contributed by atoms with Crippen LogP contribution in [0.3, 0.4) is 0 Å². The van der Waals surface area contributed by atoms with Gasteiger partial charge in [0.15, 0.2) is 11.5 Å². The summed E-state index contributed by atoms with van der Waals surface area (Å²) >= 11 is 3.11. The van der Waals surface area contributed by atoms with Gasteiger partial charge in [0, 0.05) is 18.1 Å². The number of thiazole rings is 1. The van der Waals surface area contributed by atoms with E-state index in [9.17, 15) is 4.79 Å². The molecule has 0 saturated heterocycles. The Morgan fingerprint density at radius 3 is 2.88 bits per heavy atom. The van der Waals surface area contributed by atoms with Crippen LogP contribution in [0.1, 0.15) is 33.8 Å². The van der Waals surface area contributed by atoms with Crippen LogP contribution in [0.4, 0.5) is 0 Å². The fourth-order valence-corrected chi connectivity index (χ4v) is 3.47. The lowest BCUT2D eigenvalue weighted by Gasteiger charge is -2.16. The summed E-state index contributed by atoms with van der Waals surface area (Å²) in [6.45, 7) is 0.336. The van der Waals surface area contributed by atoms with E-state index in [0.29, 0.717) is 12.2 Å². The van der Waals surface area contributed by atoms with Gasteiger partial charge in [-0.25, -0.2) is 4.98 Å². The Labute approximate surface area is 172 Å². The second kappa shape index (κ2) is 10.7. The summed E-state index contributed by atoms with van der Waals surface area (Å²) in [4.78, 5) is 16.7. The number of rotatable bonds is 7. The zero-order valence-corrected chi connectivity index (χ0v) is 17.3. The van der Waals surface area contributed by atoms with E-state index in [4.69, 9.17) is 5.73 Å². The molecule has 1 atom stereocenters. The van der Waals surface area contributed by atoms with Crippen molar-refractivity contribution in [3.63, 3.8) is 0 Å². The molecule has 11 heteroatoms. The normalized spacial score (nSPS) is 11.5. The fourth-order valence-electron chi connectivity index (χ4n) is 2.34. The maximum absolute atomic E-state index is 12.5. The predicted molar refractivity (Wildman–Crippen MR) is 111 cm³/mol. The van der Waals surface area contributed by atoms with Gasteiger partial charge in [-0.2, -0.15) is 11.8 Å². The molecule has 0 aromatic carbocycles. The van der Waals surface area contributed by atoms with Crippen molar-refractivity contribution in [2.24, 2.45) is 5.73 Å². The molecule has 0 aliphatic carbocycles. The summed E-state index contributed by atoms with van der Waals surface area (Å²) in [5.41, 5.74) is 6.71. The first kappa shape index (κ1) is 22.7. The molecule has 1 amide bonds. The van der Waals surface area contributed by atoms with Crippen molar-refractivity contribution in [1.82, 2.24) is 24.9 Å². The van der Waals surface area contributed by atoms with E-state index in [1.54, 1.807) is 17.1 Å². The van der Waals surface area contributed by atoms with E-state index < -0.39 is 0 Å². The van der Waals surface area contributed by atoms with Gasteiger partial charge in [0.25, 0.3) is 5.91 Å². The number of halogens is 2. The second-order valence-electron chi connectivity index (χ2n) is 5.13. The monoisotopic (exact) mass is 434 g/mol. The second-order valence-corrected chi connectivity index (χ2v) is 7.05. The molecule has 3 N–H and O–H groups in total. The number of fused-ring (bicyclic) bond motifs is 1. The summed E-state index contributed by atoms with van der Waals surface area (Å²) in [7, 11) is 0. The highest BCUT2D eigenvalue weighted by Gasteiger charge is 2.22. The zero-order chi connectivity index (χ0) is 16.9. The minimum absolute atomic E-state index is 0. The number of carbonyl (C=O) groups excluding carboxylic acids is 1. The van der Waals surface area contributed by atoms with Gasteiger partial charge in [0.1, 0.15) is 10.7 Å². The Kier molecular flexibility index (Phi) is 9.31. The Morgan fingerprint density at radius 1 is 1.38 bits per heavy atom. The van der Waals surface area contributed by atoms with E-state index in [1.807, 2.05) is 35.1 Å². The third-order valence-corrected chi connectivity index (χ3v) is 5.04. The van der Waals surface area contributed by atoms with Gasteiger partial charge in [-0.15, -0.1) is 46.3 Å². The van der Waals surface area contributed by atoms with Crippen molar-refractivity contribution < 1.29 is 4.79 Å². The lowest BCUT2D eigenvalue weighted by molar-refractivity contribution is 0.0929. The Morgan fingerprint density at radius 2 is 2.19 bits per heavy atom. The number of nitrogens with one attached hydrogen (secondary N) is 1. The number of hydrogen-bond donors (Lipinski definition) is 2. The molecule has 0 aliphatic heterocycles. The van der Waals surface area contributed by atoms with Crippen LogP contribution in [0.5, 0.6) is 0 Å². The SMILES string of the molecule is CSCCC(NC(=O)c1csc(CN)n1)c1nnc2ccccn12.Cl.Cl. The first-order chi connectivity index (χ1) is 11.7. The number of aromatic nitrogens is 4. The van der Waals surface area contributed by atoms with Crippen molar-refractivity contribution in [2.75, 3.05) is 12.0 Å². The summed E-state index contributed by atoms with van der Waals surface area (Å²) in [6.07, 6.45) is 4.70. The molecule has 0 radical (unpaired) electrons. The number of carbonyl (C=O) groups is 1. The average molecular weight is 435 g/mol. The molecule has 7 nitrogen and oxygen atoms in total. The van der Waals surface area contributed by atoms with Crippen LogP contribution in [-0.4, -0.2) is 37.5 Å². The molecular formula is C15H20Cl2N6OS2. The highest BCUT2D eigenvalue weighted by molar-refractivity contribution is 7.98. The third kappa shape index (κ3) is 5.08. The topological polar surface area (TPSA) is 98.2 Å². The highest BCUT2D eigenvalue weighted by atomic mass is 35.5. The quantitative estimate of drug-likeness (QED) is 0.592. The summed E-state index contributed by atoms with van der Waals surface area (Å²) in [5.74, 6) is 1.41. The molecule has 0 fully saturated rings. The number of thioether (sulfide) groups is 1. The lowest BCUT2D eigenvalue weighted by atomic mass is 10.2. The van der Waals surface area contributed by atoms with E-state index >= 15 is 0 Å². The van der Waals surface area contributed by atoms with Crippen molar-refractivity contribution >= 4 is 59.5 Å². The summed E-state index contributed by atoms with van der Waals surface area (Å²) in [6, 6.07) is 5.48. The number of hydrogen-bond acceptors (Lipinski definition) is 7. The van der Waals surface area contributed by atoms with Crippen LogP contribution in [0, 0.1) is 0 Å². The minimum Gasteiger partial charge on any atom is -0.341 e. The standard InChI is InChI=1S/C15H18N6OS2.2ClH/c1-23-7-5-10(14-20-19-12-4-2-3-6-21(12)14)18-15(22)11-9-24-13(8-16)17-11;;/h2-4,6,9-10H,5,7-8,16H2,1H3,(H,18,22);2*1H. The van der Waals surface area contributed by atoms with Crippen LogP contribution in [0.15, 0.2) is 29.8 Å². The van der Waals surface area contributed by atoms with E-state index in [2.05, 4.69) is 20.5 Å². The molecule has 1 unspecified atom stereocenters. The van der Waals surface area contributed by atoms with Gasteiger partial charge in [-0.1, -0.05) is 6.07 Å². The fraction of sp³-hybridized carbons (Fsp3) is 0.333. The zero-order valence-electron chi connectivity index (χ0n) is 14.0. The van der Waals surface area contributed by atoms with Crippen molar-refractivity contribution in [2.45, 2.75) is 19.0 Å². The molecule has 3 aromatic rings. The van der Waals surface area contributed by atoms with Crippen molar-refractivity contribution in [3.8, 4) is 0 Å². The van der Waals surface area contributed by atoms with Crippen LogP contribution in [-0.2, 0) is 6.54 Å². The third-order valence-electron chi connectivity index (χ3n) is 3.53. The molecule has 142 valence electrons. The lowest BCUT2D eigenvalue weighted by Crippen LogP contribution is -2.30. The molecule has 0 saturated carbocycles. The van der Waals surface area contributed by atoms with Gasteiger partial charge < -0.3 is 11.1 Å². The number of pyridine rings is 1. The molecule has 0 bridgehead atoms. The Hall–Kier alpha value is -1.39. The van der Waals surface area contributed by atoms with Gasteiger partial charge >= 0.3 is 0 Å². The molecular weight excluding hydrogens is 415 g/mol. The number of nitrogens with two attached hydrogens (primary N) is 1. The molecule has 3 rings (SSSR count). The molecule has 26 heavy (non-hydrogen) atoms. The Bertz CT molecular complexity index is 840. The molecule has 0 aliphatic rings. The van der Waals surface area contributed by atoms with Gasteiger partial charge in [-0.05, 0) is 30.6 Å². The molecule has 0 spiro atoms. The highest BCUT2D eigenvalue weighted by Crippen LogP contribution is 2.19. The van der Waals surface area contributed by atoms with Crippen LogP contribution in [0.2, 0.25) is 0 Å². The van der Waals surface area contributed by atoms with Crippen molar-refractivity contribution in [1.29, 1.82) is 0 Å². The number of nitrogens with zero attached hydrogens (tertiary/aromatic N) is 4. The summed E-state index contributed by atoms with van der Waals surface area (Å²) in [5, 5.41) is 13.9. The first-order valence-corrected chi connectivity index (χ1v) is 9.74. The van der Waals surface area contributed by atoms with Gasteiger partial charge in [0.05, 0.1) is 6.04 Å². The minimum atomic E-state index is -0.231. The number of amides is 1. The first-order valence-electron chi connectivity index (χ1n) is 7.47. The maximum atomic E-state index is 12.5. The smallest absolute Gasteiger partial charge is 0.271 e. The van der Waals surface area contributed by atoms with Gasteiger partial charge in [0.2, 0.25) is 0 Å². The molecule has 3 heterocycles. The van der Waals surface area contributed by atoms with E-state index in [1.165, 1.54) is 11.3 Å². The largest absolute Gasteiger partial charge is 0.341 e. The van der Waals surface area contributed by atoms with Crippen LogP contribution >= 0.6 is 47.9 Å². The van der Waals surface area contributed by atoms with E-state index in [0.717, 1.165) is 28.7 Å². The van der Waals surface area contributed by atoms with E-state index in [-0.39, 0.29) is 36.8 Å². The van der Waals surface area contributed by atoms with Crippen LogP contribution in [0.25, 0.3) is 5.65 Å². The average Bonchev–Trinajstić information content (AvgIpc) is 3.25. The van der Waals surface area contributed by atoms with Crippen molar-refractivity contribution in [3.05, 3.63) is 46.3 Å². The Balaban J connectivity index is 0.00000169. The van der Waals surface area contributed by atoms with Gasteiger partial charge in [-0.3, -0.25) is 9.20 Å².